The van der Waals surface area contributed by atoms with E-state index in [0.29, 0.717) is 11.4 Å². The van der Waals surface area contributed by atoms with E-state index in [9.17, 15) is 11.8 Å². The van der Waals surface area contributed by atoms with Crippen LogP contribution in [0.15, 0.2) is 267 Å². The summed E-state index contributed by atoms with van der Waals surface area (Å²) in [5.41, 5.74) is 16.9. The van der Waals surface area contributed by atoms with Crippen molar-refractivity contribution in [3.8, 4) is 39.9 Å². The molecule has 0 aliphatic heterocycles. The van der Waals surface area contributed by atoms with Crippen molar-refractivity contribution in [2.24, 2.45) is 0 Å². The number of fused-ring (bicyclic) bond motifs is 16. The number of rotatable bonds is 6. The van der Waals surface area contributed by atoms with E-state index < -0.39 is 5.41 Å². The number of nitrogens with zero attached hydrogens (tertiary/aromatic N) is 6. The molecule has 0 spiro atoms. The summed E-state index contributed by atoms with van der Waals surface area (Å²) >= 11 is 0. The van der Waals surface area contributed by atoms with Crippen LogP contribution in [0.3, 0.4) is 0 Å². The molecule has 0 amide bonds. The van der Waals surface area contributed by atoms with Crippen LogP contribution >= 0.6 is 0 Å². The van der Waals surface area contributed by atoms with Crippen LogP contribution in [0.1, 0.15) is 27.8 Å². The minimum Gasteiger partial charge on any atom is -0.317 e. The van der Waals surface area contributed by atoms with Gasteiger partial charge in [-0.05, 0) is 70.3 Å². The average Bonchev–Trinajstić information content (AvgIpc) is 4.52. The van der Waals surface area contributed by atoms with E-state index in [0.717, 1.165) is 126 Å². The largest absolute Gasteiger partial charge is 0.317 e. The van der Waals surface area contributed by atoms with Gasteiger partial charge in [0.25, 0.3) is 0 Å². The molecule has 0 bridgehead atoms. The monoisotopic (exact) mass is 1030 g/mol. The molecule has 1 aliphatic carbocycles. The molecule has 4 heterocycles. The van der Waals surface area contributed by atoms with E-state index in [1.807, 2.05) is 0 Å². The summed E-state index contributed by atoms with van der Waals surface area (Å²) in [7, 11) is 0. The van der Waals surface area contributed by atoms with E-state index in [2.05, 4.69) is 291 Å². The molecule has 374 valence electrons. The Morgan fingerprint density at radius 2 is 0.667 bits per heavy atom. The van der Waals surface area contributed by atoms with Crippen molar-refractivity contribution in [2.45, 2.75) is 5.41 Å². The van der Waals surface area contributed by atoms with Gasteiger partial charge in [-0.3, -0.25) is 0 Å². The first kappa shape index (κ1) is 44.9. The Morgan fingerprint density at radius 3 is 1.09 bits per heavy atom. The van der Waals surface area contributed by atoms with Crippen LogP contribution in [0.5, 0.6) is 0 Å². The van der Waals surface area contributed by atoms with Gasteiger partial charge in [0.05, 0.1) is 90.5 Å². The molecule has 4 aromatic heterocycles. The Kier molecular flexibility index (Phi) is 9.37. The summed E-state index contributed by atoms with van der Waals surface area (Å²) in [5, 5.41) is 21.2. The number of nitriles is 1. The van der Waals surface area contributed by atoms with Crippen LogP contribution < -0.4 is 0 Å². The first-order valence-electron chi connectivity index (χ1n) is 27.5. The lowest BCUT2D eigenvalue weighted by Gasteiger charge is -2.35. The highest BCUT2D eigenvalue weighted by atomic mass is 15.2. The standard InChI is InChI=1S/C75H44N6/c1-77-69-59(46-76)71(81-67-43-23-15-35-56(67)58-45-44-57-49-28-8-16-36-60(49)75(68(57)70(58)81,47-24-4-2-5-25-47)48-26-6-3-7-27-48)73(79-63-39-19-11-31-52(63)53-32-12-20-40-64(53)79)74(80-65-41-21-13-33-54(65)55-34-14-22-42-66(55)80)72(69)78-61-37-17-9-29-50(61)51-30-10-18-38-62(51)78/h2-45H. The maximum atomic E-state index is 12.7. The molecule has 0 saturated heterocycles. The highest BCUT2D eigenvalue weighted by molar-refractivity contribution is 6.18. The molecule has 0 N–H and O–H groups in total. The van der Waals surface area contributed by atoms with Gasteiger partial charge in [0.1, 0.15) is 0 Å². The van der Waals surface area contributed by atoms with Crippen molar-refractivity contribution in [1.29, 1.82) is 5.26 Å². The highest BCUT2D eigenvalue weighted by Gasteiger charge is 2.48. The van der Waals surface area contributed by atoms with Crippen molar-refractivity contribution in [3.05, 3.63) is 306 Å². The molecule has 12 aromatic carbocycles. The Bertz CT molecular complexity index is 5240. The summed E-state index contributed by atoms with van der Waals surface area (Å²) in [6.45, 7) is 9.78. The fourth-order valence-electron chi connectivity index (χ4n) is 14.5. The second-order valence-corrected chi connectivity index (χ2v) is 21.2. The lowest BCUT2D eigenvalue weighted by molar-refractivity contribution is 0.771. The minimum atomic E-state index is -0.832. The molecule has 0 saturated carbocycles. The van der Waals surface area contributed by atoms with Crippen LogP contribution in [-0.2, 0) is 5.41 Å². The maximum absolute atomic E-state index is 12.7. The van der Waals surface area contributed by atoms with Gasteiger partial charge in [-0.15, -0.1) is 0 Å². The van der Waals surface area contributed by atoms with Gasteiger partial charge in [0, 0.05) is 48.7 Å². The van der Waals surface area contributed by atoms with E-state index in [-0.39, 0.29) is 11.3 Å². The zero-order valence-corrected chi connectivity index (χ0v) is 43.6. The van der Waals surface area contributed by atoms with Gasteiger partial charge in [-0.25, -0.2) is 4.85 Å². The third kappa shape index (κ3) is 5.82. The fourth-order valence-corrected chi connectivity index (χ4v) is 14.5. The van der Waals surface area contributed by atoms with Crippen molar-refractivity contribution in [1.82, 2.24) is 18.3 Å². The molecule has 0 radical (unpaired) electrons. The first-order valence-corrected chi connectivity index (χ1v) is 27.5. The molecule has 6 heteroatoms. The lowest BCUT2D eigenvalue weighted by Crippen LogP contribution is -2.29. The molecule has 81 heavy (non-hydrogen) atoms. The highest BCUT2D eigenvalue weighted by Crippen LogP contribution is 2.60. The van der Waals surface area contributed by atoms with E-state index in [4.69, 9.17) is 4.85 Å². The van der Waals surface area contributed by atoms with Gasteiger partial charge in [-0.2, -0.15) is 5.26 Å². The van der Waals surface area contributed by atoms with Gasteiger partial charge in [0.15, 0.2) is 0 Å². The third-order valence-electron chi connectivity index (χ3n) is 17.5. The summed E-state index contributed by atoms with van der Waals surface area (Å²) in [5.74, 6) is 0. The molecular weight excluding hydrogens is 985 g/mol. The Hall–Kier alpha value is -11.2. The number of aromatic nitrogens is 4. The van der Waals surface area contributed by atoms with Crippen LogP contribution in [0.2, 0.25) is 0 Å². The quantitative estimate of drug-likeness (QED) is 0.153. The molecule has 0 unspecified atom stereocenters. The van der Waals surface area contributed by atoms with Crippen LogP contribution in [0, 0.1) is 17.9 Å². The predicted octanol–water partition coefficient (Wildman–Crippen LogP) is 18.9. The number of para-hydroxylation sites is 7. The van der Waals surface area contributed by atoms with Gasteiger partial charge >= 0.3 is 0 Å². The van der Waals surface area contributed by atoms with Crippen molar-refractivity contribution >= 4 is 92.9 Å². The summed E-state index contributed by atoms with van der Waals surface area (Å²) in [6, 6.07) is 98.4. The third-order valence-corrected chi connectivity index (χ3v) is 17.5. The zero-order valence-electron chi connectivity index (χ0n) is 43.6. The summed E-state index contributed by atoms with van der Waals surface area (Å²) < 4.78 is 9.48. The predicted molar refractivity (Wildman–Crippen MR) is 332 cm³/mol. The molecule has 17 rings (SSSR count). The molecule has 0 fully saturated rings. The SMILES string of the molecule is [C-]#[N+]c1c(C#N)c(-n2c3ccccc3c3ccc4c(c32)C(c2ccccc2)(c2ccccc2)c2ccccc2-4)c(-n2c3ccccc3c3ccccc32)c(-n2c3ccccc3c3ccccc32)c1-n1c2ccccc2c2ccccc21. The zero-order chi connectivity index (χ0) is 53.5. The second kappa shape index (κ2) is 16.9. The normalized spacial score (nSPS) is 12.8. The number of hydrogen-bond acceptors (Lipinski definition) is 1. The summed E-state index contributed by atoms with van der Waals surface area (Å²) in [4.78, 5) is 4.72. The van der Waals surface area contributed by atoms with Crippen molar-refractivity contribution in [2.75, 3.05) is 0 Å². The topological polar surface area (TPSA) is 47.9 Å². The molecule has 1 aliphatic rings. The Morgan fingerprint density at radius 1 is 0.321 bits per heavy atom. The molecular formula is C75H44N6. The van der Waals surface area contributed by atoms with Crippen LogP contribution in [0.25, 0.3) is 126 Å². The van der Waals surface area contributed by atoms with Crippen molar-refractivity contribution < 1.29 is 0 Å². The fraction of sp³-hybridized carbons (Fsp3) is 0.0133. The van der Waals surface area contributed by atoms with Gasteiger partial charge in [-0.1, -0.05) is 224 Å². The minimum absolute atomic E-state index is 0.250. The van der Waals surface area contributed by atoms with E-state index >= 15 is 0 Å². The number of benzene rings is 12. The smallest absolute Gasteiger partial charge is 0.232 e. The van der Waals surface area contributed by atoms with E-state index in [1.165, 1.54) is 5.56 Å². The first-order chi connectivity index (χ1) is 40.2. The average molecular weight is 1030 g/mol. The molecule has 0 atom stereocenters. The van der Waals surface area contributed by atoms with Gasteiger partial charge < -0.3 is 18.3 Å². The van der Waals surface area contributed by atoms with Crippen LogP contribution in [-0.4, -0.2) is 18.3 Å². The summed E-state index contributed by atoms with van der Waals surface area (Å²) in [6.07, 6.45) is 0. The van der Waals surface area contributed by atoms with Gasteiger partial charge in [0.2, 0.25) is 5.69 Å². The molecule has 6 nitrogen and oxygen atoms in total. The molecule has 16 aromatic rings. The van der Waals surface area contributed by atoms with Crippen LogP contribution in [0.4, 0.5) is 5.69 Å². The maximum Gasteiger partial charge on any atom is 0.232 e. The van der Waals surface area contributed by atoms with E-state index in [1.54, 1.807) is 0 Å². The Labute approximate surface area is 465 Å². The number of hydrogen-bond donors (Lipinski definition) is 0. The second-order valence-electron chi connectivity index (χ2n) is 21.2. The Balaban J connectivity index is 1.21. The lowest BCUT2D eigenvalue weighted by atomic mass is 9.67. The van der Waals surface area contributed by atoms with Crippen molar-refractivity contribution in [3.63, 3.8) is 0 Å².